The van der Waals surface area contributed by atoms with E-state index < -0.39 is 0 Å². The molecule has 10 heteroatoms. The summed E-state index contributed by atoms with van der Waals surface area (Å²) in [6, 6.07) is 12.0. The SMILES string of the molecule is Cc1c(C#N)c(NC(=O)CSc2ncnc3c2cnn3-c2ccccc2)n(C[C@H]2CCCO2)c1C. The molecule has 1 N–H and O–H groups in total. The number of amides is 1. The fraction of sp³-hybridized carbons (Fsp3) is 0.320. The number of aromatic nitrogens is 5. The summed E-state index contributed by atoms with van der Waals surface area (Å²) in [5.74, 6) is 0.463. The summed E-state index contributed by atoms with van der Waals surface area (Å²) >= 11 is 1.32. The Balaban J connectivity index is 1.34. The van der Waals surface area contributed by atoms with Crippen molar-refractivity contribution in [2.45, 2.75) is 44.4 Å². The van der Waals surface area contributed by atoms with Gasteiger partial charge >= 0.3 is 0 Å². The number of nitrogens with one attached hydrogen (secondary N) is 1. The van der Waals surface area contributed by atoms with Crippen molar-refractivity contribution >= 4 is 34.5 Å². The first-order chi connectivity index (χ1) is 17.1. The molecule has 3 aromatic heterocycles. The second-order valence-electron chi connectivity index (χ2n) is 8.44. The van der Waals surface area contributed by atoms with Crippen molar-refractivity contribution in [3.05, 3.63) is 59.7 Å². The highest BCUT2D eigenvalue weighted by molar-refractivity contribution is 8.00. The molecule has 0 saturated carbocycles. The zero-order valence-electron chi connectivity index (χ0n) is 19.6. The van der Waals surface area contributed by atoms with Gasteiger partial charge in [0.05, 0.1) is 41.2 Å². The maximum Gasteiger partial charge on any atom is 0.235 e. The molecule has 35 heavy (non-hydrogen) atoms. The van der Waals surface area contributed by atoms with Gasteiger partial charge in [-0.2, -0.15) is 10.4 Å². The third-order valence-electron chi connectivity index (χ3n) is 6.28. The van der Waals surface area contributed by atoms with Gasteiger partial charge in [-0.15, -0.1) is 0 Å². The lowest BCUT2D eigenvalue weighted by atomic mass is 10.2. The van der Waals surface area contributed by atoms with Gasteiger partial charge in [0.1, 0.15) is 23.2 Å². The van der Waals surface area contributed by atoms with Gasteiger partial charge < -0.3 is 14.6 Å². The molecule has 0 radical (unpaired) electrons. The minimum Gasteiger partial charge on any atom is -0.376 e. The van der Waals surface area contributed by atoms with Crippen LogP contribution in [0, 0.1) is 25.2 Å². The van der Waals surface area contributed by atoms with Gasteiger partial charge in [-0.3, -0.25) is 4.79 Å². The summed E-state index contributed by atoms with van der Waals surface area (Å²) in [5, 5.41) is 18.7. The Hall–Kier alpha value is -3.68. The number of carbonyl (C=O) groups excluding carboxylic acids is 1. The van der Waals surface area contributed by atoms with E-state index in [0.717, 1.165) is 41.8 Å². The van der Waals surface area contributed by atoms with Crippen LogP contribution in [0.1, 0.15) is 29.7 Å². The van der Waals surface area contributed by atoms with Gasteiger partial charge in [-0.1, -0.05) is 30.0 Å². The lowest BCUT2D eigenvalue weighted by Gasteiger charge is -2.16. The molecule has 1 aromatic carbocycles. The first-order valence-corrected chi connectivity index (χ1v) is 12.4. The van der Waals surface area contributed by atoms with Gasteiger partial charge in [0.2, 0.25) is 5.91 Å². The molecule has 1 aliphatic heterocycles. The van der Waals surface area contributed by atoms with E-state index in [1.54, 1.807) is 10.9 Å². The molecule has 1 saturated heterocycles. The lowest BCUT2D eigenvalue weighted by molar-refractivity contribution is -0.113. The van der Waals surface area contributed by atoms with Crippen LogP contribution < -0.4 is 5.32 Å². The van der Waals surface area contributed by atoms with Crippen molar-refractivity contribution < 1.29 is 9.53 Å². The third-order valence-corrected chi connectivity index (χ3v) is 7.28. The van der Waals surface area contributed by atoms with E-state index in [4.69, 9.17) is 4.74 Å². The number of fused-ring (bicyclic) bond motifs is 1. The van der Waals surface area contributed by atoms with Crippen molar-refractivity contribution in [3.63, 3.8) is 0 Å². The maximum absolute atomic E-state index is 13.0. The molecule has 5 rings (SSSR count). The van der Waals surface area contributed by atoms with Crippen LogP contribution in [0.25, 0.3) is 16.7 Å². The number of carbonyl (C=O) groups is 1. The van der Waals surface area contributed by atoms with Crippen LogP contribution in [0.2, 0.25) is 0 Å². The Morgan fingerprint density at radius 2 is 2.11 bits per heavy atom. The van der Waals surface area contributed by atoms with E-state index >= 15 is 0 Å². The van der Waals surface area contributed by atoms with Crippen LogP contribution in [0.15, 0.2) is 47.9 Å². The van der Waals surface area contributed by atoms with Crippen molar-refractivity contribution in [1.82, 2.24) is 24.3 Å². The molecule has 9 nitrogen and oxygen atoms in total. The predicted octanol–water partition coefficient (Wildman–Crippen LogP) is 4.02. The van der Waals surface area contributed by atoms with Gasteiger partial charge in [0.25, 0.3) is 0 Å². The molecule has 1 amide bonds. The molecule has 178 valence electrons. The van der Waals surface area contributed by atoms with E-state index in [-0.39, 0.29) is 17.8 Å². The standard InChI is InChI=1S/C25H25N7O2S/c1-16-17(2)31(13-19-9-6-10-34-19)24(20(16)11-26)30-22(33)14-35-25-21-12-29-32(23(21)27-15-28-25)18-7-4-3-5-8-18/h3-5,7-8,12,15,19H,6,9-10,13-14H2,1-2H3,(H,30,33)/t19-/m1/s1. The molecular formula is C25H25N7O2S. The minimum absolute atomic E-state index is 0.0903. The van der Waals surface area contributed by atoms with Crippen LogP contribution in [-0.4, -0.2) is 48.7 Å². The number of nitrogens with zero attached hydrogens (tertiary/aromatic N) is 6. The minimum atomic E-state index is -0.209. The normalized spacial score (nSPS) is 15.4. The summed E-state index contributed by atoms with van der Waals surface area (Å²) in [5.41, 5.74) is 3.91. The average molecular weight is 488 g/mol. The monoisotopic (exact) mass is 487 g/mol. The highest BCUT2D eigenvalue weighted by atomic mass is 32.2. The number of para-hydroxylation sites is 1. The highest BCUT2D eigenvalue weighted by Crippen LogP contribution is 2.30. The zero-order chi connectivity index (χ0) is 24.4. The molecule has 0 bridgehead atoms. The largest absolute Gasteiger partial charge is 0.376 e. The van der Waals surface area contributed by atoms with Gasteiger partial charge in [-0.25, -0.2) is 14.6 Å². The molecule has 1 aliphatic rings. The van der Waals surface area contributed by atoms with Crippen molar-refractivity contribution in [2.75, 3.05) is 17.7 Å². The van der Waals surface area contributed by atoms with Crippen LogP contribution >= 0.6 is 11.8 Å². The quantitative estimate of drug-likeness (QED) is 0.310. The van der Waals surface area contributed by atoms with Crippen molar-refractivity contribution in [3.8, 4) is 11.8 Å². The maximum atomic E-state index is 13.0. The van der Waals surface area contributed by atoms with Crippen LogP contribution in [0.4, 0.5) is 5.82 Å². The number of anilines is 1. The molecule has 4 heterocycles. The van der Waals surface area contributed by atoms with E-state index in [2.05, 4.69) is 26.5 Å². The summed E-state index contributed by atoms with van der Waals surface area (Å²) in [6.45, 7) is 5.24. The number of hydrogen-bond donors (Lipinski definition) is 1. The Bertz CT molecular complexity index is 1420. The topological polar surface area (TPSA) is 111 Å². The highest BCUT2D eigenvalue weighted by Gasteiger charge is 2.24. The number of benzene rings is 1. The van der Waals surface area contributed by atoms with Gasteiger partial charge in [-0.05, 0) is 44.4 Å². The third kappa shape index (κ3) is 4.52. The number of ether oxygens (including phenoxy) is 1. The zero-order valence-corrected chi connectivity index (χ0v) is 20.4. The van der Waals surface area contributed by atoms with E-state index in [1.165, 1.54) is 18.1 Å². The molecule has 1 atom stereocenters. The predicted molar refractivity (Wildman–Crippen MR) is 134 cm³/mol. The van der Waals surface area contributed by atoms with E-state index in [9.17, 15) is 10.1 Å². The smallest absolute Gasteiger partial charge is 0.235 e. The molecule has 0 spiro atoms. The Morgan fingerprint density at radius 3 is 2.86 bits per heavy atom. The van der Waals surface area contributed by atoms with Crippen molar-refractivity contribution in [1.29, 1.82) is 5.26 Å². The van der Waals surface area contributed by atoms with Crippen LogP contribution in [0.3, 0.4) is 0 Å². The lowest BCUT2D eigenvalue weighted by Crippen LogP contribution is -2.22. The van der Waals surface area contributed by atoms with Crippen LogP contribution in [-0.2, 0) is 16.1 Å². The van der Waals surface area contributed by atoms with Gasteiger partial charge in [0.15, 0.2) is 5.65 Å². The summed E-state index contributed by atoms with van der Waals surface area (Å²) < 4.78 is 9.55. The number of hydrogen-bond acceptors (Lipinski definition) is 7. The van der Waals surface area contributed by atoms with E-state index in [1.807, 2.05) is 48.7 Å². The molecule has 0 unspecified atom stereocenters. The van der Waals surface area contributed by atoms with E-state index in [0.29, 0.717) is 28.6 Å². The van der Waals surface area contributed by atoms with Crippen molar-refractivity contribution in [2.24, 2.45) is 0 Å². The summed E-state index contributed by atoms with van der Waals surface area (Å²) in [6.07, 6.45) is 5.30. The fourth-order valence-corrected chi connectivity index (χ4v) is 5.11. The Labute approximate surface area is 207 Å². The first-order valence-electron chi connectivity index (χ1n) is 11.4. The first kappa shape index (κ1) is 23.1. The fourth-order valence-electron chi connectivity index (χ4n) is 4.35. The molecule has 0 aliphatic carbocycles. The Kier molecular flexibility index (Phi) is 6.53. The van der Waals surface area contributed by atoms with Crippen LogP contribution in [0.5, 0.6) is 0 Å². The average Bonchev–Trinajstić information content (AvgIpc) is 3.60. The molecule has 1 fully saturated rings. The second kappa shape index (κ2) is 9.90. The summed E-state index contributed by atoms with van der Waals surface area (Å²) in [7, 11) is 0. The number of nitriles is 1. The second-order valence-corrected chi connectivity index (χ2v) is 9.40. The summed E-state index contributed by atoms with van der Waals surface area (Å²) in [4.78, 5) is 21.7. The van der Waals surface area contributed by atoms with Gasteiger partial charge in [0, 0.05) is 12.3 Å². The Morgan fingerprint density at radius 1 is 1.29 bits per heavy atom. The number of thioether (sulfide) groups is 1. The number of rotatable bonds is 7. The molecular weight excluding hydrogens is 462 g/mol. The molecule has 4 aromatic rings.